The van der Waals surface area contributed by atoms with E-state index in [0.29, 0.717) is 25.9 Å². The van der Waals surface area contributed by atoms with Crippen LogP contribution in [0.4, 0.5) is 0 Å². The standard InChI is InChI=1S/C8H13N3O3S/c1-15(13,14)11-4-2-7(3-5-11)8(12)10-6-9/h7H,2-5H2,1H3,(H,10,12). The quantitative estimate of drug-likeness (QED) is 0.500. The highest BCUT2D eigenvalue weighted by molar-refractivity contribution is 7.88. The molecule has 7 heteroatoms. The smallest absolute Gasteiger partial charge is 0.236 e. The van der Waals surface area contributed by atoms with E-state index in [1.54, 1.807) is 6.19 Å². The number of rotatable bonds is 2. The van der Waals surface area contributed by atoms with Gasteiger partial charge in [0.15, 0.2) is 6.19 Å². The summed E-state index contributed by atoms with van der Waals surface area (Å²) in [6, 6.07) is 0. The molecule has 1 rings (SSSR count). The minimum atomic E-state index is -3.15. The molecule has 0 aliphatic carbocycles. The maximum absolute atomic E-state index is 11.3. The number of hydrogen-bond donors (Lipinski definition) is 1. The molecule has 1 aliphatic rings. The van der Waals surface area contributed by atoms with Gasteiger partial charge in [-0.1, -0.05) is 0 Å². The number of carbonyl (C=O) groups excluding carboxylic acids is 1. The molecule has 0 atom stereocenters. The van der Waals surface area contributed by atoms with Gasteiger partial charge in [0.2, 0.25) is 15.9 Å². The lowest BCUT2D eigenvalue weighted by atomic mass is 9.97. The predicted molar refractivity (Wildman–Crippen MR) is 52.9 cm³/mol. The Bertz CT molecular complexity index is 376. The van der Waals surface area contributed by atoms with Gasteiger partial charge in [-0.3, -0.25) is 10.1 Å². The zero-order chi connectivity index (χ0) is 11.5. The molecule has 1 saturated heterocycles. The normalized spacial score (nSPS) is 19.5. The largest absolute Gasteiger partial charge is 0.274 e. The van der Waals surface area contributed by atoms with Crippen LogP contribution in [-0.4, -0.2) is 38.0 Å². The van der Waals surface area contributed by atoms with Crippen LogP contribution < -0.4 is 5.32 Å². The van der Waals surface area contributed by atoms with Gasteiger partial charge in [-0.25, -0.2) is 12.7 Å². The van der Waals surface area contributed by atoms with Crippen molar-refractivity contribution in [1.82, 2.24) is 9.62 Å². The van der Waals surface area contributed by atoms with Crippen molar-refractivity contribution < 1.29 is 13.2 Å². The summed E-state index contributed by atoms with van der Waals surface area (Å²) in [6.07, 6.45) is 3.68. The van der Waals surface area contributed by atoms with Gasteiger partial charge in [0, 0.05) is 19.0 Å². The second-order valence-corrected chi connectivity index (χ2v) is 5.52. The van der Waals surface area contributed by atoms with Gasteiger partial charge in [-0.05, 0) is 12.8 Å². The molecule has 6 nitrogen and oxygen atoms in total. The maximum Gasteiger partial charge on any atom is 0.236 e. The summed E-state index contributed by atoms with van der Waals surface area (Å²) in [7, 11) is -3.15. The Morgan fingerprint density at radius 3 is 2.40 bits per heavy atom. The number of carbonyl (C=O) groups is 1. The first-order chi connectivity index (χ1) is 6.95. The number of sulfonamides is 1. The van der Waals surface area contributed by atoms with Crippen LogP contribution in [0.3, 0.4) is 0 Å². The van der Waals surface area contributed by atoms with Gasteiger partial charge in [0.25, 0.3) is 0 Å². The number of nitriles is 1. The fourth-order valence-corrected chi connectivity index (χ4v) is 2.48. The molecule has 1 heterocycles. The fraction of sp³-hybridized carbons (Fsp3) is 0.750. The van der Waals surface area contributed by atoms with Gasteiger partial charge >= 0.3 is 0 Å². The van der Waals surface area contributed by atoms with Crippen LogP contribution in [0.25, 0.3) is 0 Å². The average Bonchev–Trinajstić information content (AvgIpc) is 2.17. The molecular weight excluding hydrogens is 218 g/mol. The lowest BCUT2D eigenvalue weighted by Gasteiger charge is -2.28. The summed E-state index contributed by atoms with van der Waals surface area (Å²) in [5.41, 5.74) is 0. The molecule has 84 valence electrons. The van der Waals surface area contributed by atoms with E-state index < -0.39 is 10.0 Å². The van der Waals surface area contributed by atoms with Gasteiger partial charge in [0.1, 0.15) is 0 Å². The topological polar surface area (TPSA) is 90.3 Å². The molecule has 0 aromatic rings. The third-order valence-corrected chi connectivity index (χ3v) is 3.78. The van der Waals surface area contributed by atoms with Gasteiger partial charge < -0.3 is 0 Å². The zero-order valence-electron chi connectivity index (χ0n) is 8.43. The van der Waals surface area contributed by atoms with E-state index in [2.05, 4.69) is 5.32 Å². The van der Waals surface area contributed by atoms with Crippen LogP contribution in [-0.2, 0) is 14.8 Å². The van der Waals surface area contributed by atoms with E-state index in [0.717, 1.165) is 6.26 Å². The van der Waals surface area contributed by atoms with Crippen molar-refractivity contribution in [2.24, 2.45) is 5.92 Å². The van der Waals surface area contributed by atoms with E-state index in [1.165, 1.54) is 4.31 Å². The van der Waals surface area contributed by atoms with Crippen molar-refractivity contribution >= 4 is 15.9 Å². The van der Waals surface area contributed by atoms with Crippen molar-refractivity contribution in [2.45, 2.75) is 12.8 Å². The van der Waals surface area contributed by atoms with Crippen LogP contribution >= 0.6 is 0 Å². The molecule has 1 fully saturated rings. The highest BCUT2D eigenvalue weighted by atomic mass is 32.2. The summed E-state index contributed by atoms with van der Waals surface area (Å²) in [5.74, 6) is -0.562. The first-order valence-electron chi connectivity index (χ1n) is 4.59. The maximum atomic E-state index is 11.3. The molecule has 0 spiro atoms. The van der Waals surface area contributed by atoms with Crippen LogP contribution in [0.1, 0.15) is 12.8 Å². The van der Waals surface area contributed by atoms with Crippen molar-refractivity contribution in [3.63, 3.8) is 0 Å². The number of nitrogens with one attached hydrogen (secondary N) is 1. The molecule has 1 amide bonds. The summed E-state index contributed by atoms with van der Waals surface area (Å²) in [4.78, 5) is 11.3. The van der Waals surface area contributed by atoms with Gasteiger partial charge in [0.05, 0.1) is 6.26 Å². The molecule has 15 heavy (non-hydrogen) atoms. The molecule has 1 N–H and O–H groups in total. The van der Waals surface area contributed by atoms with Crippen LogP contribution in [0.15, 0.2) is 0 Å². The molecule has 0 unspecified atom stereocenters. The molecule has 0 bridgehead atoms. The Labute approximate surface area is 88.9 Å². The highest BCUT2D eigenvalue weighted by Crippen LogP contribution is 2.18. The summed E-state index contributed by atoms with van der Waals surface area (Å²) in [5, 5.41) is 10.3. The summed E-state index contributed by atoms with van der Waals surface area (Å²) in [6.45, 7) is 0.699. The van der Waals surface area contributed by atoms with Crippen LogP contribution in [0.5, 0.6) is 0 Å². The zero-order valence-corrected chi connectivity index (χ0v) is 9.25. The molecule has 0 radical (unpaired) electrons. The van der Waals surface area contributed by atoms with E-state index >= 15 is 0 Å². The third kappa shape index (κ3) is 3.18. The Hall–Kier alpha value is -1.13. The summed E-state index contributed by atoms with van der Waals surface area (Å²) < 4.78 is 23.7. The molecule has 0 saturated carbocycles. The predicted octanol–water partition coefficient (Wildman–Crippen LogP) is -0.745. The van der Waals surface area contributed by atoms with E-state index in [1.807, 2.05) is 0 Å². The van der Waals surface area contributed by atoms with E-state index in [9.17, 15) is 13.2 Å². The Morgan fingerprint density at radius 2 is 2.00 bits per heavy atom. The van der Waals surface area contributed by atoms with Crippen molar-refractivity contribution in [2.75, 3.05) is 19.3 Å². The minimum Gasteiger partial charge on any atom is -0.274 e. The first kappa shape index (κ1) is 11.9. The molecule has 0 aromatic heterocycles. The summed E-state index contributed by atoms with van der Waals surface area (Å²) >= 11 is 0. The van der Waals surface area contributed by atoms with Crippen molar-refractivity contribution in [1.29, 1.82) is 5.26 Å². The van der Waals surface area contributed by atoms with E-state index in [-0.39, 0.29) is 11.8 Å². The SMILES string of the molecule is CS(=O)(=O)N1CCC(C(=O)NC#N)CC1. The van der Waals surface area contributed by atoms with Gasteiger partial charge in [-0.2, -0.15) is 5.26 Å². The number of amides is 1. The third-order valence-electron chi connectivity index (χ3n) is 2.47. The fourth-order valence-electron chi connectivity index (χ4n) is 1.61. The Morgan fingerprint density at radius 1 is 1.47 bits per heavy atom. The second kappa shape index (κ2) is 4.59. The first-order valence-corrected chi connectivity index (χ1v) is 6.44. The lowest BCUT2D eigenvalue weighted by molar-refractivity contribution is -0.124. The average molecular weight is 231 g/mol. The minimum absolute atomic E-state index is 0.248. The molecule has 1 aliphatic heterocycles. The van der Waals surface area contributed by atoms with E-state index in [4.69, 9.17) is 5.26 Å². The Kier molecular flexibility index (Phi) is 3.66. The molecular formula is C8H13N3O3S. The van der Waals surface area contributed by atoms with Crippen molar-refractivity contribution in [3.8, 4) is 6.19 Å². The number of piperidine rings is 1. The van der Waals surface area contributed by atoms with Crippen LogP contribution in [0, 0.1) is 17.4 Å². The Balaban J connectivity index is 2.50. The second-order valence-electron chi connectivity index (χ2n) is 3.54. The van der Waals surface area contributed by atoms with Crippen LogP contribution in [0.2, 0.25) is 0 Å². The highest BCUT2D eigenvalue weighted by Gasteiger charge is 2.28. The molecule has 0 aromatic carbocycles. The number of hydrogen-bond acceptors (Lipinski definition) is 4. The lowest BCUT2D eigenvalue weighted by Crippen LogP contribution is -2.41. The monoisotopic (exact) mass is 231 g/mol. The number of nitrogens with zero attached hydrogens (tertiary/aromatic N) is 2. The van der Waals surface area contributed by atoms with Crippen molar-refractivity contribution in [3.05, 3.63) is 0 Å². The van der Waals surface area contributed by atoms with Gasteiger partial charge in [-0.15, -0.1) is 0 Å².